The summed E-state index contributed by atoms with van der Waals surface area (Å²) in [7, 11) is 0. The van der Waals surface area contributed by atoms with Crippen LogP contribution in [0.15, 0.2) is 66.2 Å². The van der Waals surface area contributed by atoms with Crippen LogP contribution in [0.3, 0.4) is 0 Å². The van der Waals surface area contributed by atoms with Crippen molar-refractivity contribution in [2.75, 3.05) is 5.32 Å². The van der Waals surface area contributed by atoms with Crippen LogP contribution in [0, 0.1) is 21.8 Å². The van der Waals surface area contributed by atoms with Gasteiger partial charge in [0.2, 0.25) is 0 Å². The molecule has 0 fully saturated rings. The first-order chi connectivity index (χ1) is 14.9. The standard InChI is InChI=1S/C24H17Cl2IN2O2/c1-15-3-2-4-17(9-15)14-31-23-8-5-16(11-22(23)27)10-18(13-28)24(30)29-19-6-7-20(25)21(26)12-19/h2-12H,14H2,1H3,(H,29,30)/b18-10+. The average Bonchev–Trinajstić information content (AvgIpc) is 2.74. The predicted molar refractivity (Wildman–Crippen MR) is 133 cm³/mol. The summed E-state index contributed by atoms with van der Waals surface area (Å²) in [5, 5.41) is 12.8. The highest BCUT2D eigenvalue weighted by Crippen LogP contribution is 2.26. The largest absolute Gasteiger partial charge is 0.488 e. The summed E-state index contributed by atoms with van der Waals surface area (Å²) in [6.07, 6.45) is 1.53. The molecule has 0 heterocycles. The maximum Gasteiger partial charge on any atom is 0.266 e. The highest BCUT2D eigenvalue weighted by atomic mass is 127. The van der Waals surface area contributed by atoms with Crippen molar-refractivity contribution in [2.45, 2.75) is 13.5 Å². The lowest BCUT2D eigenvalue weighted by Crippen LogP contribution is -2.13. The van der Waals surface area contributed by atoms with E-state index in [0.29, 0.717) is 27.9 Å². The first kappa shape index (κ1) is 23.1. The van der Waals surface area contributed by atoms with Crippen molar-refractivity contribution in [3.8, 4) is 11.8 Å². The van der Waals surface area contributed by atoms with E-state index in [1.54, 1.807) is 18.2 Å². The fraction of sp³-hybridized carbons (Fsp3) is 0.0833. The number of anilines is 1. The van der Waals surface area contributed by atoms with Crippen molar-refractivity contribution >= 4 is 63.5 Å². The van der Waals surface area contributed by atoms with Crippen molar-refractivity contribution in [1.82, 2.24) is 0 Å². The molecular formula is C24H17Cl2IN2O2. The summed E-state index contributed by atoms with van der Waals surface area (Å²) < 4.78 is 6.79. The number of rotatable bonds is 6. The molecule has 156 valence electrons. The predicted octanol–water partition coefficient (Wildman–Crippen LogP) is 7.03. The maximum absolute atomic E-state index is 12.5. The topological polar surface area (TPSA) is 62.1 Å². The molecule has 4 nitrogen and oxygen atoms in total. The molecule has 0 aliphatic heterocycles. The van der Waals surface area contributed by atoms with Gasteiger partial charge in [-0.3, -0.25) is 4.79 Å². The van der Waals surface area contributed by atoms with Crippen molar-refractivity contribution in [3.05, 3.63) is 96.5 Å². The fourth-order valence-electron chi connectivity index (χ4n) is 2.77. The summed E-state index contributed by atoms with van der Waals surface area (Å²) >= 11 is 14.0. The van der Waals surface area contributed by atoms with Gasteiger partial charge in [0, 0.05) is 5.69 Å². The minimum absolute atomic E-state index is 0.0321. The third-order valence-electron chi connectivity index (χ3n) is 4.29. The Kier molecular flexibility index (Phi) is 7.97. The number of hydrogen-bond acceptors (Lipinski definition) is 3. The van der Waals surface area contributed by atoms with Crippen LogP contribution in [-0.4, -0.2) is 5.91 Å². The van der Waals surface area contributed by atoms with Crippen LogP contribution in [0.1, 0.15) is 16.7 Å². The maximum atomic E-state index is 12.5. The van der Waals surface area contributed by atoms with Crippen LogP contribution < -0.4 is 10.1 Å². The molecular weight excluding hydrogens is 546 g/mol. The number of nitrogens with zero attached hydrogens (tertiary/aromatic N) is 1. The second-order valence-electron chi connectivity index (χ2n) is 6.72. The van der Waals surface area contributed by atoms with E-state index in [9.17, 15) is 10.1 Å². The number of benzene rings is 3. The smallest absolute Gasteiger partial charge is 0.266 e. The number of halogens is 3. The van der Waals surface area contributed by atoms with Crippen LogP contribution >= 0.6 is 45.8 Å². The Labute approximate surface area is 204 Å². The van der Waals surface area contributed by atoms with E-state index in [2.05, 4.69) is 34.0 Å². The number of carbonyl (C=O) groups is 1. The lowest BCUT2D eigenvalue weighted by molar-refractivity contribution is -0.112. The minimum atomic E-state index is -0.532. The van der Waals surface area contributed by atoms with Gasteiger partial charge in [-0.25, -0.2) is 0 Å². The van der Waals surface area contributed by atoms with E-state index in [4.69, 9.17) is 27.9 Å². The van der Waals surface area contributed by atoms with Gasteiger partial charge in [0.05, 0.1) is 13.6 Å². The zero-order chi connectivity index (χ0) is 22.4. The fourth-order valence-corrected chi connectivity index (χ4v) is 3.77. The second-order valence-corrected chi connectivity index (χ2v) is 8.70. The second kappa shape index (κ2) is 10.7. The highest BCUT2D eigenvalue weighted by molar-refractivity contribution is 14.1. The molecule has 0 saturated heterocycles. The quantitative estimate of drug-likeness (QED) is 0.199. The summed E-state index contributed by atoms with van der Waals surface area (Å²) in [6.45, 7) is 2.50. The van der Waals surface area contributed by atoms with Crippen LogP contribution in [0.25, 0.3) is 6.08 Å². The van der Waals surface area contributed by atoms with Gasteiger partial charge in [-0.05, 0) is 77.0 Å². The Balaban J connectivity index is 1.71. The van der Waals surface area contributed by atoms with E-state index < -0.39 is 5.91 Å². The minimum Gasteiger partial charge on any atom is -0.488 e. The lowest BCUT2D eigenvalue weighted by atomic mass is 10.1. The van der Waals surface area contributed by atoms with E-state index >= 15 is 0 Å². The average molecular weight is 563 g/mol. The van der Waals surface area contributed by atoms with Crippen molar-refractivity contribution < 1.29 is 9.53 Å². The van der Waals surface area contributed by atoms with Crippen LogP contribution in [-0.2, 0) is 11.4 Å². The molecule has 0 radical (unpaired) electrons. The molecule has 0 aromatic heterocycles. The third-order valence-corrected chi connectivity index (χ3v) is 5.87. The number of carbonyl (C=O) groups excluding carboxylic acids is 1. The number of amides is 1. The van der Waals surface area contributed by atoms with Gasteiger partial charge in [-0.1, -0.05) is 59.1 Å². The SMILES string of the molecule is Cc1cccc(COc2ccc(/C=C(\C#N)C(=O)Nc3ccc(Cl)c(Cl)c3)cc2I)c1. The molecule has 0 spiro atoms. The van der Waals surface area contributed by atoms with Crippen LogP contribution in [0.4, 0.5) is 5.69 Å². The first-order valence-electron chi connectivity index (χ1n) is 9.22. The molecule has 0 saturated carbocycles. The highest BCUT2D eigenvalue weighted by Gasteiger charge is 2.11. The monoisotopic (exact) mass is 562 g/mol. The van der Waals surface area contributed by atoms with Gasteiger partial charge in [-0.2, -0.15) is 5.26 Å². The number of hydrogen-bond donors (Lipinski definition) is 1. The molecule has 3 aromatic rings. The van der Waals surface area contributed by atoms with Crippen LogP contribution in [0.5, 0.6) is 5.75 Å². The van der Waals surface area contributed by atoms with E-state index in [1.807, 2.05) is 43.3 Å². The Morgan fingerprint density at radius 3 is 2.61 bits per heavy atom. The number of nitrogens with one attached hydrogen (secondary N) is 1. The summed E-state index contributed by atoms with van der Waals surface area (Å²) in [5.74, 6) is 0.202. The zero-order valence-electron chi connectivity index (χ0n) is 16.5. The van der Waals surface area contributed by atoms with Crippen LogP contribution in [0.2, 0.25) is 10.0 Å². The van der Waals surface area contributed by atoms with Gasteiger partial charge in [0.25, 0.3) is 5.91 Å². The van der Waals surface area contributed by atoms with E-state index in [-0.39, 0.29) is 5.57 Å². The zero-order valence-corrected chi connectivity index (χ0v) is 20.1. The van der Waals surface area contributed by atoms with Crippen molar-refractivity contribution in [1.29, 1.82) is 5.26 Å². The van der Waals surface area contributed by atoms with Gasteiger partial charge < -0.3 is 10.1 Å². The molecule has 7 heteroatoms. The van der Waals surface area contributed by atoms with E-state index in [0.717, 1.165) is 14.9 Å². The molecule has 3 aromatic carbocycles. The lowest BCUT2D eigenvalue weighted by Gasteiger charge is -2.10. The number of ether oxygens (including phenoxy) is 1. The Hall–Kier alpha value is -2.53. The van der Waals surface area contributed by atoms with Gasteiger partial charge in [0.1, 0.15) is 24.0 Å². The molecule has 1 N–H and O–H groups in total. The number of aryl methyl sites for hydroxylation is 1. The van der Waals surface area contributed by atoms with Crippen molar-refractivity contribution in [3.63, 3.8) is 0 Å². The normalized spacial score (nSPS) is 11.0. The molecule has 0 bridgehead atoms. The van der Waals surface area contributed by atoms with Crippen molar-refractivity contribution in [2.24, 2.45) is 0 Å². The van der Waals surface area contributed by atoms with Gasteiger partial charge in [-0.15, -0.1) is 0 Å². The van der Waals surface area contributed by atoms with E-state index in [1.165, 1.54) is 17.7 Å². The van der Waals surface area contributed by atoms with Gasteiger partial charge in [0.15, 0.2) is 0 Å². The first-order valence-corrected chi connectivity index (χ1v) is 11.1. The molecule has 31 heavy (non-hydrogen) atoms. The Morgan fingerprint density at radius 1 is 1.13 bits per heavy atom. The molecule has 0 aliphatic rings. The molecule has 0 aliphatic carbocycles. The van der Waals surface area contributed by atoms with Gasteiger partial charge >= 0.3 is 0 Å². The summed E-state index contributed by atoms with van der Waals surface area (Å²) in [6, 6.07) is 20.3. The Bertz CT molecular complexity index is 1200. The Morgan fingerprint density at radius 2 is 1.94 bits per heavy atom. The summed E-state index contributed by atoms with van der Waals surface area (Å²) in [4.78, 5) is 12.5. The molecule has 3 rings (SSSR count). The third kappa shape index (κ3) is 6.47. The molecule has 0 atom stereocenters. The number of nitriles is 1. The molecule has 0 unspecified atom stereocenters. The summed E-state index contributed by atoms with van der Waals surface area (Å²) in [5.41, 5.74) is 3.41. The molecule has 1 amide bonds.